The van der Waals surface area contributed by atoms with Crippen molar-refractivity contribution >= 4 is 27.5 Å². The molecule has 1 rings (SSSR count). The van der Waals surface area contributed by atoms with Gasteiger partial charge in [0.2, 0.25) is 16.2 Å². The summed E-state index contributed by atoms with van der Waals surface area (Å²) in [4.78, 5) is 12.0. The van der Waals surface area contributed by atoms with Crippen molar-refractivity contribution in [1.82, 2.24) is 10.2 Å². The smallest absolute Gasteiger partial charge is 0.226 e. The normalized spacial score (nSPS) is 10.9. The van der Waals surface area contributed by atoms with Gasteiger partial charge in [-0.1, -0.05) is 81.8 Å². The first-order valence-electron chi connectivity index (χ1n) is 11.7. The molecule has 0 aromatic carbocycles. The third kappa shape index (κ3) is 15.0. The molecule has 0 saturated heterocycles. The Hall–Kier alpha value is -1.94. The van der Waals surface area contributed by atoms with E-state index in [2.05, 4.69) is 46.0 Å². The molecule has 0 bridgehead atoms. The molecule has 0 unspecified atom stereocenters. The van der Waals surface area contributed by atoms with Crippen LogP contribution in [0.3, 0.4) is 0 Å². The lowest BCUT2D eigenvalue weighted by atomic mass is 10.1. The first kappa shape index (κ1) is 26.1. The zero-order chi connectivity index (χ0) is 21.7. The van der Waals surface area contributed by atoms with E-state index in [9.17, 15) is 4.79 Å². The van der Waals surface area contributed by atoms with Crippen LogP contribution >= 0.6 is 11.3 Å². The first-order chi connectivity index (χ1) is 14.8. The largest absolute Gasteiger partial charge is 0.359 e. The summed E-state index contributed by atoms with van der Waals surface area (Å²) in [5.74, 6) is -0.00708. The molecule has 0 spiro atoms. The summed E-state index contributed by atoms with van der Waals surface area (Å²) in [5.41, 5.74) is 0. The number of carbonyl (C=O) groups is 1. The maximum Gasteiger partial charge on any atom is 0.226 e. The van der Waals surface area contributed by atoms with Gasteiger partial charge >= 0.3 is 0 Å². The molecule has 0 radical (unpaired) electrons. The molecule has 2 N–H and O–H groups in total. The number of allylic oxidation sites excluding steroid dienone is 2. The SMILES string of the molecule is CCCCCCCC/C=C/CCCCCCCC(=O)Nc1nnc(NCCC#N)s1. The zero-order valence-electron chi connectivity index (χ0n) is 18.6. The van der Waals surface area contributed by atoms with Crippen molar-refractivity contribution in [2.24, 2.45) is 0 Å². The number of nitriles is 1. The highest BCUT2D eigenvalue weighted by molar-refractivity contribution is 7.19. The van der Waals surface area contributed by atoms with Crippen LogP contribution < -0.4 is 10.6 Å². The predicted molar refractivity (Wildman–Crippen MR) is 127 cm³/mol. The fourth-order valence-electron chi connectivity index (χ4n) is 3.11. The molecule has 0 aliphatic carbocycles. The Labute approximate surface area is 186 Å². The first-order valence-corrected chi connectivity index (χ1v) is 12.5. The standard InChI is InChI=1S/C23H39N5OS/c1-2-3-4-5-6-7-8-9-10-11-12-13-14-15-16-18-21(29)26-23-28-27-22(30-23)25-20-17-19-24/h9-10H,2-8,11-18,20H2,1H3,(H,25,27)(H,26,28,29)/b10-9+. The third-order valence-corrected chi connectivity index (χ3v) is 5.65. The van der Waals surface area contributed by atoms with Gasteiger partial charge in [-0.25, -0.2) is 0 Å². The van der Waals surface area contributed by atoms with Gasteiger partial charge in [0.15, 0.2) is 0 Å². The maximum absolute atomic E-state index is 12.0. The van der Waals surface area contributed by atoms with Crippen molar-refractivity contribution in [1.29, 1.82) is 5.26 Å². The summed E-state index contributed by atoms with van der Waals surface area (Å²) < 4.78 is 0. The minimum atomic E-state index is -0.00708. The molecule has 1 heterocycles. The van der Waals surface area contributed by atoms with Crippen LogP contribution in [0.15, 0.2) is 12.2 Å². The second-order valence-electron chi connectivity index (χ2n) is 7.63. The molecule has 7 heteroatoms. The van der Waals surface area contributed by atoms with Crippen molar-refractivity contribution in [3.05, 3.63) is 12.2 Å². The lowest BCUT2D eigenvalue weighted by Crippen LogP contribution is -2.10. The third-order valence-electron chi connectivity index (χ3n) is 4.85. The molecule has 1 amide bonds. The number of hydrogen-bond donors (Lipinski definition) is 2. The summed E-state index contributed by atoms with van der Waals surface area (Å²) in [6, 6.07) is 2.06. The van der Waals surface area contributed by atoms with Gasteiger partial charge in [-0.05, 0) is 32.1 Å². The molecule has 6 nitrogen and oxygen atoms in total. The lowest BCUT2D eigenvalue weighted by molar-refractivity contribution is -0.116. The van der Waals surface area contributed by atoms with Crippen LogP contribution in [0.2, 0.25) is 0 Å². The van der Waals surface area contributed by atoms with Gasteiger partial charge in [0, 0.05) is 13.0 Å². The predicted octanol–water partition coefficient (Wildman–Crippen LogP) is 6.84. The fourth-order valence-corrected chi connectivity index (χ4v) is 3.79. The summed E-state index contributed by atoms with van der Waals surface area (Å²) in [7, 11) is 0. The number of rotatable bonds is 19. The van der Waals surface area contributed by atoms with E-state index in [1.807, 2.05) is 0 Å². The molecular weight excluding hydrogens is 394 g/mol. The number of aromatic nitrogens is 2. The lowest BCUT2D eigenvalue weighted by Gasteiger charge is -2.02. The number of carbonyl (C=O) groups excluding carboxylic acids is 1. The van der Waals surface area contributed by atoms with Crippen LogP contribution in [-0.4, -0.2) is 22.6 Å². The van der Waals surface area contributed by atoms with E-state index >= 15 is 0 Å². The Morgan fingerprint density at radius 2 is 1.53 bits per heavy atom. The number of unbranched alkanes of at least 4 members (excludes halogenated alkanes) is 11. The molecule has 30 heavy (non-hydrogen) atoms. The molecule has 0 atom stereocenters. The summed E-state index contributed by atoms with van der Waals surface area (Å²) in [6.45, 7) is 2.80. The quantitative estimate of drug-likeness (QED) is 0.184. The average Bonchev–Trinajstić information content (AvgIpc) is 3.18. The van der Waals surface area contributed by atoms with Crippen molar-refractivity contribution in [3.63, 3.8) is 0 Å². The van der Waals surface area contributed by atoms with Gasteiger partial charge in [0.05, 0.1) is 12.5 Å². The highest BCUT2D eigenvalue weighted by Gasteiger charge is 2.07. The monoisotopic (exact) mass is 433 g/mol. The molecule has 1 aromatic rings. The summed E-state index contributed by atoms with van der Waals surface area (Å²) in [5, 5.41) is 23.3. The van der Waals surface area contributed by atoms with Gasteiger partial charge in [0.25, 0.3) is 0 Å². The number of anilines is 2. The second kappa shape index (κ2) is 19.0. The van der Waals surface area contributed by atoms with Crippen LogP contribution in [-0.2, 0) is 4.79 Å². The molecule has 0 aliphatic heterocycles. The van der Waals surface area contributed by atoms with Gasteiger partial charge in [-0.3, -0.25) is 4.79 Å². The van der Waals surface area contributed by atoms with Crippen LogP contribution in [0.1, 0.15) is 103 Å². The molecule has 0 fully saturated rings. The van der Waals surface area contributed by atoms with E-state index in [-0.39, 0.29) is 5.91 Å². The van der Waals surface area contributed by atoms with E-state index in [4.69, 9.17) is 5.26 Å². The average molecular weight is 434 g/mol. The number of amides is 1. The van der Waals surface area contributed by atoms with Gasteiger partial charge < -0.3 is 10.6 Å². The molecule has 0 saturated carbocycles. The maximum atomic E-state index is 12.0. The fraction of sp³-hybridized carbons (Fsp3) is 0.739. The van der Waals surface area contributed by atoms with Gasteiger partial charge in [0.1, 0.15) is 0 Å². The Morgan fingerprint density at radius 1 is 0.933 bits per heavy atom. The number of nitrogens with one attached hydrogen (secondary N) is 2. The molecule has 168 valence electrons. The Kier molecular flexibility index (Phi) is 16.6. The van der Waals surface area contributed by atoms with Crippen molar-refractivity contribution in [3.8, 4) is 6.07 Å². The molecule has 0 aliphatic rings. The van der Waals surface area contributed by atoms with Crippen LogP contribution in [0.25, 0.3) is 0 Å². The Balaban J connectivity index is 1.91. The summed E-state index contributed by atoms with van der Waals surface area (Å²) >= 11 is 1.29. The van der Waals surface area contributed by atoms with Gasteiger partial charge in [-0.15, -0.1) is 10.2 Å². The highest BCUT2D eigenvalue weighted by Crippen LogP contribution is 2.20. The van der Waals surface area contributed by atoms with E-state index < -0.39 is 0 Å². The molecule has 1 aromatic heterocycles. The van der Waals surface area contributed by atoms with Crippen LogP contribution in [0.5, 0.6) is 0 Å². The van der Waals surface area contributed by atoms with E-state index in [0.717, 1.165) is 12.8 Å². The van der Waals surface area contributed by atoms with Crippen LogP contribution in [0, 0.1) is 11.3 Å². The highest BCUT2D eigenvalue weighted by atomic mass is 32.1. The second-order valence-corrected chi connectivity index (χ2v) is 8.61. The van der Waals surface area contributed by atoms with Gasteiger partial charge in [-0.2, -0.15) is 5.26 Å². The van der Waals surface area contributed by atoms with Crippen molar-refractivity contribution < 1.29 is 4.79 Å². The Bertz CT molecular complexity index is 623. The zero-order valence-corrected chi connectivity index (χ0v) is 19.4. The van der Waals surface area contributed by atoms with E-state index in [1.165, 1.54) is 82.0 Å². The van der Waals surface area contributed by atoms with Crippen LogP contribution in [0.4, 0.5) is 10.3 Å². The minimum Gasteiger partial charge on any atom is -0.359 e. The Morgan fingerprint density at radius 3 is 2.20 bits per heavy atom. The van der Waals surface area contributed by atoms with Crippen molar-refractivity contribution in [2.75, 3.05) is 17.2 Å². The summed E-state index contributed by atoms with van der Waals surface area (Å²) in [6.07, 6.45) is 21.9. The van der Waals surface area contributed by atoms with Crippen molar-refractivity contribution in [2.45, 2.75) is 103 Å². The topological polar surface area (TPSA) is 90.7 Å². The number of hydrogen-bond acceptors (Lipinski definition) is 6. The number of nitrogens with zero attached hydrogens (tertiary/aromatic N) is 3. The minimum absolute atomic E-state index is 0.00708. The van der Waals surface area contributed by atoms with E-state index in [1.54, 1.807) is 0 Å². The molecular formula is C23H39N5OS. The van der Waals surface area contributed by atoms with E-state index in [0.29, 0.717) is 29.6 Å².